The van der Waals surface area contributed by atoms with E-state index in [-0.39, 0.29) is 34.1 Å². The Balaban J connectivity index is 2.20. The number of benzene rings is 2. The molecule has 1 aliphatic rings. The number of hydrogen-bond donors (Lipinski definition) is 1. The van der Waals surface area contributed by atoms with Crippen LogP contribution < -0.4 is 5.32 Å². The fourth-order valence-electron chi connectivity index (χ4n) is 2.74. The highest BCUT2D eigenvalue weighted by Gasteiger charge is 2.39. The van der Waals surface area contributed by atoms with E-state index in [9.17, 15) is 27.6 Å². The summed E-state index contributed by atoms with van der Waals surface area (Å²) in [5, 5.41) is 2.24. The van der Waals surface area contributed by atoms with Crippen molar-refractivity contribution in [1.82, 2.24) is 4.90 Å². The van der Waals surface area contributed by atoms with Crippen molar-refractivity contribution in [2.45, 2.75) is 13.1 Å². The number of nitrogens with one attached hydrogen (secondary N) is 1. The summed E-state index contributed by atoms with van der Waals surface area (Å²) < 4.78 is 37.4. The predicted molar refractivity (Wildman–Crippen MR) is 79.7 cm³/mol. The van der Waals surface area contributed by atoms with Gasteiger partial charge in [-0.3, -0.25) is 19.3 Å². The van der Waals surface area contributed by atoms with Crippen LogP contribution in [0.4, 0.5) is 18.9 Å². The SMILES string of the molecule is CCN1C(=O)c2cccc3c(NC(=O)C(F)(F)F)ccc(c23)C1=O. The summed E-state index contributed by atoms with van der Waals surface area (Å²) in [5.41, 5.74) is 0.322. The lowest BCUT2D eigenvalue weighted by Gasteiger charge is -2.26. The molecule has 1 N–H and O–H groups in total. The molecule has 2 aromatic carbocycles. The Morgan fingerprint density at radius 2 is 1.71 bits per heavy atom. The van der Waals surface area contributed by atoms with E-state index >= 15 is 0 Å². The smallest absolute Gasteiger partial charge is 0.318 e. The minimum Gasteiger partial charge on any atom is -0.318 e. The van der Waals surface area contributed by atoms with Crippen molar-refractivity contribution < 1.29 is 27.6 Å². The number of carbonyl (C=O) groups is 3. The van der Waals surface area contributed by atoms with Gasteiger partial charge < -0.3 is 5.32 Å². The summed E-state index contributed by atoms with van der Waals surface area (Å²) in [6, 6.07) is 6.99. The Labute approximate surface area is 134 Å². The number of hydrogen-bond acceptors (Lipinski definition) is 3. The fraction of sp³-hybridized carbons (Fsp3) is 0.188. The molecule has 124 valence electrons. The summed E-state index contributed by atoms with van der Waals surface area (Å²) in [6.45, 7) is 1.83. The van der Waals surface area contributed by atoms with Crippen LogP contribution in [0.2, 0.25) is 0 Å². The molecule has 24 heavy (non-hydrogen) atoms. The third-order valence-corrected chi connectivity index (χ3v) is 3.81. The number of nitrogens with zero attached hydrogens (tertiary/aromatic N) is 1. The summed E-state index contributed by atoms with van der Waals surface area (Å²) in [5.74, 6) is -3.15. The normalized spacial score (nSPS) is 14.2. The number of alkyl halides is 3. The second-order valence-corrected chi connectivity index (χ2v) is 5.20. The van der Waals surface area contributed by atoms with Crippen LogP contribution >= 0.6 is 0 Å². The first-order valence-electron chi connectivity index (χ1n) is 7.05. The highest BCUT2D eigenvalue weighted by Crippen LogP contribution is 2.34. The average molecular weight is 336 g/mol. The molecule has 8 heteroatoms. The van der Waals surface area contributed by atoms with Gasteiger partial charge in [0.05, 0.1) is 0 Å². The number of rotatable bonds is 2. The van der Waals surface area contributed by atoms with Gasteiger partial charge in [-0.1, -0.05) is 12.1 Å². The summed E-state index contributed by atoms with van der Waals surface area (Å²) >= 11 is 0. The summed E-state index contributed by atoms with van der Waals surface area (Å²) in [4.78, 5) is 37.0. The predicted octanol–water partition coefficient (Wildman–Crippen LogP) is 2.96. The van der Waals surface area contributed by atoms with Crippen molar-refractivity contribution in [2.75, 3.05) is 11.9 Å². The molecule has 1 heterocycles. The van der Waals surface area contributed by atoms with E-state index in [1.807, 2.05) is 0 Å². The van der Waals surface area contributed by atoms with Gasteiger partial charge in [0.25, 0.3) is 11.8 Å². The second-order valence-electron chi connectivity index (χ2n) is 5.20. The zero-order valence-corrected chi connectivity index (χ0v) is 12.4. The van der Waals surface area contributed by atoms with Crippen molar-refractivity contribution in [1.29, 1.82) is 0 Å². The van der Waals surface area contributed by atoms with Crippen molar-refractivity contribution in [3.05, 3.63) is 41.5 Å². The highest BCUT2D eigenvalue weighted by molar-refractivity contribution is 6.27. The first kappa shape index (κ1) is 16.0. The topological polar surface area (TPSA) is 66.5 Å². The molecule has 0 spiro atoms. The molecular weight excluding hydrogens is 325 g/mol. The molecule has 0 bridgehead atoms. The van der Waals surface area contributed by atoms with Gasteiger partial charge >= 0.3 is 12.1 Å². The van der Waals surface area contributed by atoms with Crippen LogP contribution in [-0.2, 0) is 4.79 Å². The quantitative estimate of drug-likeness (QED) is 0.858. The second kappa shape index (κ2) is 5.33. The molecule has 0 radical (unpaired) electrons. The zero-order valence-electron chi connectivity index (χ0n) is 12.4. The molecule has 0 fully saturated rings. The van der Waals surface area contributed by atoms with Crippen LogP contribution in [-0.4, -0.2) is 35.3 Å². The molecule has 3 amide bonds. The first-order chi connectivity index (χ1) is 11.3. The van der Waals surface area contributed by atoms with Gasteiger partial charge in [-0.05, 0) is 25.1 Å². The van der Waals surface area contributed by atoms with Crippen LogP contribution in [0.15, 0.2) is 30.3 Å². The first-order valence-corrected chi connectivity index (χ1v) is 7.05. The van der Waals surface area contributed by atoms with Gasteiger partial charge in [0.15, 0.2) is 0 Å². The third kappa shape index (κ3) is 2.31. The monoisotopic (exact) mass is 336 g/mol. The lowest BCUT2D eigenvalue weighted by Crippen LogP contribution is -2.40. The molecule has 0 saturated heterocycles. The van der Waals surface area contributed by atoms with Crippen LogP contribution in [0.3, 0.4) is 0 Å². The minimum absolute atomic E-state index is 0.108. The van der Waals surface area contributed by atoms with Crippen molar-refractivity contribution in [3.8, 4) is 0 Å². The molecule has 2 aromatic rings. The number of amides is 3. The molecule has 0 aliphatic carbocycles. The van der Waals surface area contributed by atoms with E-state index in [0.29, 0.717) is 0 Å². The van der Waals surface area contributed by atoms with E-state index in [1.165, 1.54) is 30.3 Å². The Bertz CT molecular complexity index is 868. The van der Waals surface area contributed by atoms with E-state index in [4.69, 9.17) is 0 Å². The number of anilines is 1. The molecule has 5 nitrogen and oxygen atoms in total. The van der Waals surface area contributed by atoms with Crippen molar-refractivity contribution in [3.63, 3.8) is 0 Å². The molecule has 0 aromatic heterocycles. The van der Waals surface area contributed by atoms with Crippen LogP contribution in [0.1, 0.15) is 27.6 Å². The maximum Gasteiger partial charge on any atom is 0.471 e. The van der Waals surface area contributed by atoms with E-state index in [2.05, 4.69) is 0 Å². The van der Waals surface area contributed by atoms with Crippen LogP contribution in [0.25, 0.3) is 10.8 Å². The van der Waals surface area contributed by atoms with Gasteiger partial charge in [-0.25, -0.2) is 0 Å². The molecule has 3 rings (SSSR count). The van der Waals surface area contributed by atoms with Crippen LogP contribution in [0, 0.1) is 0 Å². The standard InChI is InChI=1S/C16H11F3N2O3/c1-2-21-13(22)9-5-3-4-8-11(20-15(24)16(17,18)19)7-6-10(12(8)9)14(21)23/h3-7H,2H2,1H3,(H,20,24). The number of halogens is 3. The van der Waals surface area contributed by atoms with Gasteiger partial charge in [-0.15, -0.1) is 0 Å². The van der Waals surface area contributed by atoms with Gasteiger partial charge in [-0.2, -0.15) is 13.2 Å². The molecule has 0 unspecified atom stereocenters. The fourth-order valence-corrected chi connectivity index (χ4v) is 2.74. The highest BCUT2D eigenvalue weighted by atomic mass is 19.4. The Morgan fingerprint density at radius 3 is 2.29 bits per heavy atom. The average Bonchev–Trinajstić information content (AvgIpc) is 2.53. The Morgan fingerprint density at radius 1 is 1.08 bits per heavy atom. The van der Waals surface area contributed by atoms with E-state index in [1.54, 1.807) is 12.2 Å². The third-order valence-electron chi connectivity index (χ3n) is 3.81. The lowest BCUT2D eigenvalue weighted by molar-refractivity contribution is -0.167. The minimum atomic E-state index is -5.04. The Kier molecular flexibility index (Phi) is 3.55. The Hall–Kier alpha value is -2.90. The van der Waals surface area contributed by atoms with Crippen molar-refractivity contribution in [2.24, 2.45) is 0 Å². The summed E-state index contributed by atoms with van der Waals surface area (Å²) in [6.07, 6.45) is -5.04. The number of carbonyl (C=O) groups excluding carboxylic acids is 3. The van der Waals surface area contributed by atoms with Gasteiger partial charge in [0.2, 0.25) is 0 Å². The number of imide groups is 1. The van der Waals surface area contributed by atoms with Crippen molar-refractivity contribution >= 4 is 34.2 Å². The van der Waals surface area contributed by atoms with E-state index < -0.39 is 23.9 Å². The molecule has 0 saturated carbocycles. The molecule has 1 aliphatic heterocycles. The largest absolute Gasteiger partial charge is 0.471 e. The lowest BCUT2D eigenvalue weighted by atomic mass is 9.93. The maximum absolute atomic E-state index is 12.5. The van der Waals surface area contributed by atoms with E-state index in [0.717, 1.165) is 4.90 Å². The summed E-state index contributed by atoms with van der Waals surface area (Å²) in [7, 11) is 0. The molecular formula is C16H11F3N2O3. The zero-order chi connectivity index (χ0) is 17.6. The maximum atomic E-state index is 12.5. The van der Waals surface area contributed by atoms with Gasteiger partial charge in [0, 0.05) is 34.1 Å². The van der Waals surface area contributed by atoms with Gasteiger partial charge in [0.1, 0.15) is 0 Å². The van der Waals surface area contributed by atoms with Crippen LogP contribution in [0.5, 0.6) is 0 Å². The molecule has 0 atom stereocenters.